The highest BCUT2D eigenvalue weighted by Crippen LogP contribution is 2.27. The lowest BCUT2D eigenvalue weighted by Gasteiger charge is -2.07. The molecule has 0 fully saturated rings. The molecule has 1 aromatic carbocycles. The molecule has 1 N–H and O–H groups in total. The average Bonchev–Trinajstić information content (AvgIpc) is 2.37. The smallest absolute Gasteiger partial charge is 0.313 e. The van der Waals surface area contributed by atoms with Gasteiger partial charge in [-0.05, 0) is 18.2 Å². The van der Waals surface area contributed by atoms with E-state index < -0.39 is 18.2 Å². The van der Waals surface area contributed by atoms with Gasteiger partial charge in [-0.15, -0.1) is 0 Å². The maximum atomic E-state index is 11.5. The Morgan fingerprint density at radius 1 is 1.37 bits per heavy atom. The monoisotopic (exact) mass is 284 g/mol. The van der Waals surface area contributed by atoms with Gasteiger partial charge in [0.15, 0.2) is 5.78 Å². The van der Waals surface area contributed by atoms with Crippen LogP contribution in [0.3, 0.4) is 0 Å². The molecular formula is C13H13ClO5. The Balaban J connectivity index is 2.96. The van der Waals surface area contributed by atoms with E-state index in [4.69, 9.17) is 16.3 Å². The zero-order chi connectivity index (χ0) is 14.4. The minimum atomic E-state index is -0.669. The van der Waals surface area contributed by atoms with Crippen LogP contribution in [-0.4, -0.2) is 31.1 Å². The minimum Gasteiger partial charge on any atom is -0.507 e. The number of hydrogen-bond donors (Lipinski definition) is 1. The first-order valence-electron chi connectivity index (χ1n) is 5.32. The van der Waals surface area contributed by atoms with Crippen molar-refractivity contribution in [2.24, 2.45) is 0 Å². The molecule has 1 rings (SSSR count). The van der Waals surface area contributed by atoms with E-state index in [1.165, 1.54) is 26.4 Å². The van der Waals surface area contributed by atoms with Gasteiger partial charge in [-0.1, -0.05) is 11.6 Å². The van der Waals surface area contributed by atoms with Gasteiger partial charge in [0.05, 0.1) is 19.8 Å². The predicted molar refractivity (Wildman–Crippen MR) is 70.2 cm³/mol. The molecule has 5 nitrogen and oxygen atoms in total. The normalized spacial score (nSPS) is 11.0. The fourth-order valence-corrected chi connectivity index (χ4v) is 1.53. The van der Waals surface area contributed by atoms with E-state index in [1.807, 2.05) is 0 Å². The number of carbonyl (C=O) groups excluding carboxylic acids is 2. The number of aliphatic hydroxyl groups is 1. The fourth-order valence-electron chi connectivity index (χ4n) is 1.37. The third kappa shape index (κ3) is 4.30. The first kappa shape index (κ1) is 15.0. The number of allylic oxidation sites excluding steroid dienone is 1. The molecule has 0 saturated heterocycles. The van der Waals surface area contributed by atoms with Gasteiger partial charge in [0.25, 0.3) is 0 Å². The summed E-state index contributed by atoms with van der Waals surface area (Å²) in [5, 5.41) is 10.3. The number of benzene rings is 1. The Morgan fingerprint density at radius 2 is 2.05 bits per heavy atom. The van der Waals surface area contributed by atoms with E-state index in [0.29, 0.717) is 16.3 Å². The van der Waals surface area contributed by atoms with Crippen molar-refractivity contribution >= 4 is 29.1 Å². The maximum absolute atomic E-state index is 11.5. The van der Waals surface area contributed by atoms with Crippen LogP contribution in [0.1, 0.15) is 12.0 Å². The first-order valence-corrected chi connectivity index (χ1v) is 5.70. The highest BCUT2D eigenvalue weighted by atomic mass is 35.5. The quantitative estimate of drug-likeness (QED) is 0.389. The van der Waals surface area contributed by atoms with E-state index in [9.17, 15) is 14.7 Å². The molecule has 0 unspecified atom stereocenters. The molecule has 0 atom stereocenters. The number of aliphatic hydroxyl groups excluding tert-OH is 1. The lowest BCUT2D eigenvalue weighted by atomic mass is 10.1. The molecule has 19 heavy (non-hydrogen) atoms. The number of halogens is 1. The van der Waals surface area contributed by atoms with Crippen LogP contribution in [0.25, 0.3) is 5.76 Å². The van der Waals surface area contributed by atoms with E-state index in [2.05, 4.69) is 4.74 Å². The zero-order valence-corrected chi connectivity index (χ0v) is 11.2. The van der Waals surface area contributed by atoms with Crippen molar-refractivity contribution in [2.45, 2.75) is 6.42 Å². The van der Waals surface area contributed by atoms with Crippen molar-refractivity contribution in [3.05, 3.63) is 34.9 Å². The van der Waals surface area contributed by atoms with E-state index in [0.717, 1.165) is 6.08 Å². The number of methoxy groups -OCH3 is 2. The van der Waals surface area contributed by atoms with Crippen molar-refractivity contribution in [1.82, 2.24) is 0 Å². The van der Waals surface area contributed by atoms with E-state index in [-0.39, 0.29) is 5.76 Å². The molecule has 0 bridgehead atoms. The number of rotatable bonds is 5. The Morgan fingerprint density at radius 3 is 2.63 bits per heavy atom. The highest BCUT2D eigenvalue weighted by Gasteiger charge is 2.12. The van der Waals surface area contributed by atoms with Crippen LogP contribution < -0.4 is 4.74 Å². The van der Waals surface area contributed by atoms with Gasteiger partial charge in [-0.2, -0.15) is 0 Å². The SMILES string of the molecule is COC(=O)CC(=O)/C=C(\O)c1ccc(Cl)cc1OC. The molecule has 6 heteroatoms. The van der Waals surface area contributed by atoms with Gasteiger partial charge in [-0.25, -0.2) is 0 Å². The highest BCUT2D eigenvalue weighted by molar-refractivity contribution is 6.30. The lowest BCUT2D eigenvalue weighted by molar-refractivity contribution is -0.142. The van der Waals surface area contributed by atoms with Crippen LogP contribution in [-0.2, 0) is 14.3 Å². The topological polar surface area (TPSA) is 72.8 Å². The summed E-state index contributed by atoms with van der Waals surface area (Å²) >= 11 is 5.78. The second kappa shape index (κ2) is 6.80. The average molecular weight is 285 g/mol. The predicted octanol–water partition coefficient (Wildman–Crippen LogP) is 2.38. The molecule has 0 amide bonds. The Bertz CT molecular complexity index is 522. The van der Waals surface area contributed by atoms with Gasteiger partial charge >= 0.3 is 5.97 Å². The zero-order valence-electron chi connectivity index (χ0n) is 10.5. The molecule has 0 spiro atoms. The molecule has 1 aromatic rings. The van der Waals surface area contributed by atoms with Crippen LogP contribution in [0.5, 0.6) is 5.75 Å². The number of carbonyl (C=O) groups is 2. The summed E-state index contributed by atoms with van der Waals surface area (Å²) in [7, 11) is 2.60. The molecule has 0 heterocycles. The van der Waals surface area contributed by atoms with Crippen LogP contribution in [0.4, 0.5) is 0 Å². The van der Waals surface area contributed by atoms with Gasteiger partial charge in [-0.3, -0.25) is 9.59 Å². The van der Waals surface area contributed by atoms with E-state index in [1.54, 1.807) is 6.07 Å². The molecular weight excluding hydrogens is 272 g/mol. The number of esters is 1. The Hall–Kier alpha value is -2.01. The number of hydrogen-bond acceptors (Lipinski definition) is 5. The summed E-state index contributed by atoms with van der Waals surface area (Å²) in [6.07, 6.45) is 0.513. The largest absolute Gasteiger partial charge is 0.507 e. The van der Waals surface area contributed by atoms with Crippen LogP contribution in [0.2, 0.25) is 5.02 Å². The van der Waals surface area contributed by atoms with Gasteiger partial charge in [0, 0.05) is 11.1 Å². The van der Waals surface area contributed by atoms with Crippen LogP contribution >= 0.6 is 11.6 Å². The van der Waals surface area contributed by atoms with Crippen LogP contribution in [0.15, 0.2) is 24.3 Å². The summed E-state index contributed by atoms with van der Waals surface area (Å²) in [4.78, 5) is 22.4. The summed E-state index contributed by atoms with van der Waals surface area (Å²) < 4.78 is 9.40. The molecule has 0 aliphatic heterocycles. The first-order chi connectivity index (χ1) is 8.97. The van der Waals surface area contributed by atoms with Crippen molar-refractivity contribution in [3.63, 3.8) is 0 Å². The standard InChI is InChI=1S/C13H13ClO5/c1-18-12-5-8(14)3-4-10(12)11(16)6-9(15)7-13(17)19-2/h3-6,16H,7H2,1-2H3/b11-6-. The Kier molecular flexibility index (Phi) is 5.38. The van der Waals surface area contributed by atoms with Crippen molar-refractivity contribution in [3.8, 4) is 5.75 Å². The van der Waals surface area contributed by atoms with Crippen molar-refractivity contribution in [2.75, 3.05) is 14.2 Å². The summed E-state index contributed by atoms with van der Waals surface area (Å²) in [6, 6.07) is 4.57. The van der Waals surface area contributed by atoms with Gasteiger partial charge in [0.2, 0.25) is 0 Å². The molecule has 0 aliphatic carbocycles. The summed E-state index contributed by atoms with van der Waals surface area (Å²) in [5.74, 6) is -1.21. The minimum absolute atomic E-state index is 0.303. The van der Waals surface area contributed by atoms with E-state index >= 15 is 0 Å². The van der Waals surface area contributed by atoms with Crippen molar-refractivity contribution in [1.29, 1.82) is 0 Å². The van der Waals surface area contributed by atoms with Crippen molar-refractivity contribution < 1.29 is 24.2 Å². The fraction of sp³-hybridized carbons (Fsp3) is 0.231. The lowest BCUT2D eigenvalue weighted by Crippen LogP contribution is -2.07. The Labute approximate surface area is 115 Å². The molecule has 0 saturated carbocycles. The molecule has 102 valence electrons. The van der Waals surface area contributed by atoms with Crippen LogP contribution in [0, 0.1) is 0 Å². The van der Waals surface area contributed by atoms with Gasteiger partial charge in [0.1, 0.15) is 17.9 Å². The second-order valence-corrected chi connectivity index (χ2v) is 4.03. The summed E-state index contributed by atoms with van der Waals surface area (Å²) in [6.45, 7) is 0. The van der Waals surface area contributed by atoms with Gasteiger partial charge < -0.3 is 14.6 Å². The summed E-state index contributed by atoms with van der Waals surface area (Å²) in [5.41, 5.74) is 0.310. The molecule has 0 aromatic heterocycles. The number of ketones is 1. The third-order valence-corrected chi connectivity index (χ3v) is 2.52. The second-order valence-electron chi connectivity index (χ2n) is 3.59. The maximum Gasteiger partial charge on any atom is 0.313 e. The molecule has 0 radical (unpaired) electrons. The number of ether oxygens (including phenoxy) is 2. The molecule has 0 aliphatic rings. The third-order valence-electron chi connectivity index (χ3n) is 2.28.